The van der Waals surface area contributed by atoms with Crippen molar-refractivity contribution in [1.82, 2.24) is 15.1 Å². The molecule has 0 saturated carbocycles. The minimum Gasteiger partial charge on any atom is -0.338 e. The first kappa shape index (κ1) is 17.5. The highest BCUT2D eigenvalue weighted by Gasteiger charge is 2.28. The fourth-order valence-corrected chi connectivity index (χ4v) is 3.82. The molecule has 1 amide bonds. The van der Waals surface area contributed by atoms with Crippen LogP contribution in [-0.4, -0.2) is 34.1 Å². The molecule has 1 aliphatic heterocycles. The molecule has 1 fully saturated rings. The number of hydrogen-bond acceptors (Lipinski definition) is 2. The number of piperidine rings is 1. The molecule has 27 heavy (non-hydrogen) atoms. The van der Waals surface area contributed by atoms with Gasteiger partial charge in [0.25, 0.3) is 5.91 Å². The van der Waals surface area contributed by atoms with E-state index in [2.05, 4.69) is 10.2 Å². The number of H-pyrrole nitrogens is 1. The molecule has 5 heteroatoms. The molecule has 138 valence electrons. The van der Waals surface area contributed by atoms with Crippen molar-refractivity contribution < 1.29 is 9.18 Å². The number of rotatable bonds is 3. The molecule has 4 nitrogen and oxygen atoms in total. The molecular weight excluding hydrogens is 341 g/mol. The van der Waals surface area contributed by atoms with E-state index in [4.69, 9.17) is 0 Å². The van der Waals surface area contributed by atoms with Crippen molar-refractivity contribution in [3.8, 4) is 11.1 Å². The third-order valence-corrected chi connectivity index (χ3v) is 5.21. The van der Waals surface area contributed by atoms with Crippen molar-refractivity contribution in [2.75, 3.05) is 13.1 Å². The average molecular weight is 363 g/mol. The molecule has 1 N–H and O–H groups in total. The number of halogens is 1. The highest BCUT2D eigenvalue weighted by Crippen LogP contribution is 2.33. The lowest BCUT2D eigenvalue weighted by atomic mass is 9.90. The van der Waals surface area contributed by atoms with Gasteiger partial charge in [0.1, 0.15) is 5.82 Å². The van der Waals surface area contributed by atoms with Gasteiger partial charge in [0.2, 0.25) is 0 Å². The Bertz CT molecular complexity index is 948. The molecule has 3 aromatic rings. The van der Waals surface area contributed by atoms with Crippen LogP contribution < -0.4 is 0 Å². The van der Waals surface area contributed by atoms with Crippen molar-refractivity contribution in [2.45, 2.75) is 25.7 Å². The summed E-state index contributed by atoms with van der Waals surface area (Å²) in [6, 6.07) is 14.2. The van der Waals surface area contributed by atoms with Gasteiger partial charge in [0.15, 0.2) is 0 Å². The van der Waals surface area contributed by atoms with Crippen LogP contribution in [0, 0.1) is 12.7 Å². The zero-order valence-corrected chi connectivity index (χ0v) is 15.3. The van der Waals surface area contributed by atoms with E-state index in [9.17, 15) is 9.18 Å². The Kier molecular flexibility index (Phi) is 4.75. The minimum atomic E-state index is -0.253. The summed E-state index contributed by atoms with van der Waals surface area (Å²) >= 11 is 0. The molecule has 4 rings (SSSR count). The monoisotopic (exact) mass is 363 g/mol. The second-order valence-electron chi connectivity index (χ2n) is 7.16. The maximum Gasteiger partial charge on any atom is 0.253 e. The average Bonchev–Trinajstić information content (AvgIpc) is 3.18. The lowest BCUT2D eigenvalue weighted by Gasteiger charge is -2.33. The van der Waals surface area contributed by atoms with Crippen LogP contribution in [0.25, 0.3) is 11.1 Å². The van der Waals surface area contributed by atoms with Gasteiger partial charge in [0, 0.05) is 35.8 Å². The van der Waals surface area contributed by atoms with E-state index >= 15 is 0 Å². The molecule has 1 saturated heterocycles. The summed E-state index contributed by atoms with van der Waals surface area (Å²) in [4.78, 5) is 14.8. The van der Waals surface area contributed by atoms with E-state index in [-0.39, 0.29) is 17.6 Å². The van der Waals surface area contributed by atoms with Crippen LogP contribution in [0.5, 0.6) is 0 Å². The fourth-order valence-electron chi connectivity index (χ4n) is 3.82. The fraction of sp³-hybridized carbons (Fsp3) is 0.273. The van der Waals surface area contributed by atoms with Crippen molar-refractivity contribution in [2.24, 2.45) is 0 Å². The van der Waals surface area contributed by atoms with Crippen molar-refractivity contribution in [1.29, 1.82) is 0 Å². The van der Waals surface area contributed by atoms with E-state index in [1.165, 1.54) is 12.1 Å². The SMILES string of the molecule is Cc1cccc(C(=O)N2CCC[C@@H](c3[nH]ncc3-c3ccc(F)cc3)C2)c1. The quantitative estimate of drug-likeness (QED) is 0.742. The first-order valence-electron chi connectivity index (χ1n) is 9.27. The van der Waals surface area contributed by atoms with Gasteiger partial charge < -0.3 is 4.90 Å². The standard InChI is InChI=1S/C22H22FN3O/c1-15-4-2-5-17(12-15)22(27)26-11-3-6-18(14-26)21-20(13-24-25-21)16-7-9-19(23)10-8-16/h2,4-5,7-10,12-13,18H,3,6,11,14H2,1H3,(H,24,25)/t18-/m1/s1. The molecular formula is C22H22FN3O. The summed E-state index contributed by atoms with van der Waals surface area (Å²) in [5, 5.41) is 7.33. The van der Waals surface area contributed by atoms with Gasteiger partial charge >= 0.3 is 0 Å². The molecule has 2 aromatic carbocycles. The molecule has 0 spiro atoms. The maximum absolute atomic E-state index is 13.2. The van der Waals surface area contributed by atoms with Gasteiger partial charge in [0.05, 0.1) is 6.20 Å². The van der Waals surface area contributed by atoms with Crippen LogP contribution >= 0.6 is 0 Å². The predicted molar refractivity (Wildman–Crippen MR) is 103 cm³/mol. The third-order valence-electron chi connectivity index (χ3n) is 5.21. The highest BCUT2D eigenvalue weighted by molar-refractivity contribution is 5.94. The Morgan fingerprint density at radius 1 is 1.22 bits per heavy atom. The molecule has 1 aromatic heterocycles. The summed E-state index contributed by atoms with van der Waals surface area (Å²) < 4.78 is 13.2. The maximum atomic E-state index is 13.2. The normalized spacial score (nSPS) is 17.1. The van der Waals surface area contributed by atoms with Gasteiger partial charge in [-0.1, -0.05) is 29.8 Å². The number of likely N-dealkylation sites (tertiary alicyclic amines) is 1. The van der Waals surface area contributed by atoms with E-state index in [0.29, 0.717) is 6.54 Å². The van der Waals surface area contributed by atoms with Crippen molar-refractivity contribution >= 4 is 5.91 Å². The largest absolute Gasteiger partial charge is 0.338 e. The number of benzene rings is 2. The Morgan fingerprint density at radius 2 is 2.04 bits per heavy atom. The minimum absolute atomic E-state index is 0.0752. The number of nitrogens with one attached hydrogen (secondary N) is 1. The van der Waals surface area contributed by atoms with Crippen LogP contribution in [0.3, 0.4) is 0 Å². The van der Waals surface area contributed by atoms with Crippen LogP contribution in [0.4, 0.5) is 4.39 Å². The third kappa shape index (κ3) is 3.63. The van der Waals surface area contributed by atoms with E-state index in [1.807, 2.05) is 36.1 Å². The van der Waals surface area contributed by atoms with Crippen molar-refractivity contribution in [3.05, 3.63) is 77.4 Å². The number of nitrogens with zero attached hydrogens (tertiary/aromatic N) is 2. The molecule has 0 unspecified atom stereocenters. The Hall–Kier alpha value is -2.95. The van der Waals surface area contributed by atoms with Crippen LogP contribution in [0.1, 0.15) is 40.4 Å². The summed E-state index contributed by atoms with van der Waals surface area (Å²) in [7, 11) is 0. The summed E-state index contributed by atoms with van der Waals surface area (Å²) in [5.41, 5.74) is 4.75. The number of aryl methyl sites for hydroxylation is 1. The van der Waals surface area contributed by atoms with Crippen LogP contribution in [0.15, 0.2) is 54.7 Å². The number of aromatic nitrogens is 2. The molecule has 1 aliphatic rings. The summed E-state index contributed by atoms with van der Waals surface area (Å²) in [6.07, 6.45) is 3.72. The Labute approximate surface area is 158 Å². The second-order valence-corrected chi connectivity index (χ2v) is 7.16. The molecule has 0 radical (unpaired) electrons. The second kappa shape index (κ2) is 7.35. The highest BCUT2D eigenvalue weighted by atomic mass is 19.1. The predicted octanol–water partition coefficient (Wildman–Crippen LogP) is 4.54. The lowest BCUT2D eigenvalue weighted by molar-refractivity contribution is 0.0706. The zero-order chi connectivity index (χ0) is 18.8. The first-order chi connectivity index (χ1) is 13.1. The smallest absolute Gasteiger partial charge is 0.253 e. The Balaban J connectivity index is 1.56. The number of amides is 1. The van der Waals surface area contributed by atoms with E-state index < -0.39 is 0 Å². The van der Waals surface area contributed by atoms with Crippen molar-refractivity contribution in [3.63, 3.8) is 0 Å². The molecule has 1 atom stereocenters. The first-order valence-corrected chi connectivity index (χ1v) is 9.27. The number of hydrogen-bond donors (Lipinski definition) is 1. The van der Waals surface area contributed by atoms with Crippen LogP contribution in [0.2, 0.25) is 0 Å². The van der Waals surface area contributed by atoms with E-state index in [0.717, 1.165) is 47.3 Å². The number of carbonyl (C=O) groups excluding carboxylic acids is 1. The van der Waals surface area contributed by atoms with Crippen LogP contribution in [-0.2, 0) is 0 Å². The molecule has 0 aliphatic carbocycles. The van der Waals surface area contributed by atoms with Gasteiger partial charge in [-0.25, -0.2) is 4.39 Å². The summed E-state index contributed by atoms with van der Waals surface area (Å²) in [5.74, 6) is 0.0118. The van der Waals surface area contributed by atoms with Gasteiger partial charge in [-0.2, -0.15) is 5.10 Å². The topological polar surface area (TPSA) is 49.0 Å². The Morgan fingerprint density at radius 3 is 2.81 bits per heavy atom. The molecule has 2 heterocycles. The zero-order valence-electron chi connectivity index (χ0n) is 15.3. The van der Waals surface area contributed by atoms with Gasteiger partial charge in [-0.15, -0.1) is 0 Å². The van der Waals surface area contributed by atoms with E-state index in [1.54, 1.807) is 18.3 Å². The molecule has 0 bridgehead atoms. The van der Waals surface area contributed by atoms with Gasteiger partial charge in [-0.3, -0.25) is 9.89 Å². The van der Waals surface area contributed by atoms with Gasteiger partial charge in [-0.05, 0) is 49.6 Å². The number of aromatic amines is 1. The summed E-state index contributed by atoms with van der Waals surface area (Å²) in [6.45, 7) is 3.42. The lowest BCUT2D eigenvalue weighted by Crippen LogP contribution is -2.39. The number of carbonyl (C=O) groups is 1.